The molecule has 0 saturated heterocycles. The van der Waals surface area contributed by atoms with Crippen molar-refractivity contribution < 1.29 is 8.42 Å². The van der Waals surface area contributed by atoms with Crippen LogP contribution in [0, 0.1) is 0 Å². The second-order valence-corrected chi connectivity index (χ2v) is 10.6. The lowest BCUT2D eigenvalue weighted by atomic mass is 9.97. The van der Waals surface area contributed by atoms with Crippen molar-refractivity contribution in [2.24, 2.45) is 0 Å². The lowest BCUT2D eigenvalue weighted by molar-refractivity contribution is 0.601. The van der Waals surface area contributed by atoms with Gasteiger partial charge >= 0.3 is 0 Å². The monoisotopic (exact) mass is 515 g/mol. The van der Waals surface area contributed by atoms with Crippen LogP contribution in [0.5, 0.6) is 0 Å². The Hall–Kier alpha value is -4.76. The van der Waals surface area contributed by atoms with Gasteiger partial charge in [-0.1, -0.05) is 72.2 Å². The van der Waals surface area contributed by atoms with Crippen molar-refractivity contribution in [1.82, 2.24) is 15.0 Å². The smallest absolute Gasteiger partial charge is 0.263 e. The second kappa shape index (κ2) is 9.61. The summed E-state index contributed by atoms with van der Waals surface area (Å²) in [6.07, 6.45) is 1.77. The van der Waals surface area contributed by atoms with Gasteiger partial charge in [0, 0.05) is 11.6 Å². The fraction of sp³-hybridized carbons (Fsp3) is 0. The third-order valence-electron chi connectivity index (χ3n) is 6.24. The molecule has 0 fully saturated rings. The van der Waals surface area contributed by atoms with Gasteiger partial charge in [-0.15, -0.1) is 0 Å². The number of fused-ring (bicyclic) bond motifs is 2. The highest BCUT2D eigenvalue weighted by atomic mass is 32.2. The normalized spacial score (nSPS) is 11.5. The number of para-hydroxylation sites is 3. The number of rotatable bonds is 6. The van der Waals surface area contributed by atoms with Crippen molar-refractivity contribution in [2.45, 2.75) is 4.90 Å². The molecule has 0 bridgehead atoms. The molecule has 0 radical (unpaired) electrons. The van der Waals surface area contributed by atoms with E-state index in [4.69, 9.17) is 4.98 Å². The second-order valence-electron chi connectivity index (χ2n) is 8.88. The maximum absolute atomic E-state index is 13.2. The van der Waals surface area contributed by atoms with Gasteiger partial charge in [-0.3, -0.25) is 9.71 Å². The standard InChI is InChI=1S/C29H22BN5O2S/c30-20-13-15-21(16-14-20)38(36,37)35-29-28(32-24-10-4-5-11-25(24)33-29)34-26-12-6-9-23-22(17-18-31-27(23)26)19-7-2-1-3-8-19/h1-18H,30H2,(H,32,34)(H,33,35). The summed E-state index contributed by atoms with van der Waals surface area (Å²) in [5.74, 6) is 0.374. The van der Waals surface area contributed by atoms with E-state index in [0.29, 0.717) is 16.7 Å². The zero-order valence-corrected chi connectivity index (χ0v) is 21.3. The number of hydrogen-bond donors (Lipinski definition) is 2. The molecule has 38 heavy (non-hydrogen) atoms. The lowest BCUT2D eigenvalue weighted by Crippen LogP contribution is -2.17. The molecule has 0 aliphatic rings. The maximum Gasteiger partial charge on any atom is 0.263 e. The summed E-state index contributed by atoms with van der Waals surface area (Å²) in [4.78, 5) is 14.1. The highest BCUT2D eigenvalue weighted by Gasteiger charge is 2.20. The Kier molecular flexibility index (Phi) is 5.97. The average Bonchev–Trinajstić information content (AvgIpc) is 2.94. The van der Waals surface area contributed by atoms with Gasteiger partial charge in [-0.05, 0) is 47.5 Å². The molecule has 7 nitrogen and oxygen atoms in total. The van der Waals surface area contributed by atoms with Crippen molar-refractivity contribution in [1.29, 1.82) is 0 Å². The van der Waals surface area contributed by atoms with E-state index >= 15 is 0 Å². The Balaban J connectivity index is 1.46. The van der Waals surface area contributed by atoms with E-state index in [1.807, 2.05) is 68.5 Å². The van der Waals surface area contributed by atoms with E-state index in [2.05, 4.69) is 32.1 Å². The molecule has 0 amide bonds. The van der Waals surface area contributed by atoms with E-state index in [9.17, 15) is 8.42 Å². The number of benzene rings is 4. The first-order valence-electron chi connectivity index (χ1n) is 12.0. The molecule has 2 N–H and O–H groups in total. The molecule has 184 valence electrons. The van der Waals surface area contributed by atoms with Gasteiger partial charge in [-0.25, -0.2) is 18.4 Å². The summed E-state index contributed by atoms with van der Waals surface area (Å²) in [7, 11) is -2.00. The first-order chi connectivity index (χ1) is 18.5. The van der Waals surface area contributed by atoms with Crippen LogP contribution in [0.4, 0.5) is 17.3 Å². The highest BCUT2D eigenvalue weighted by Crippen LogP contribution is 2.34. The number of sulfonamides is 1. The maximum atomic E-state index is 13.2. The number of nitrogens with zero attached hydrogens (tertiary/aromatic N) is 3. The summed E-state index contributed by atoms with van der Waals surface area (Å²) in [5, 5.41) is 4.26. The van der Waals surface area contributed by atoms with Crippen LogP contribution in [0.25, 0.3) is 33.1 Å². The van der Waals surface area contributed by atoms with Crippen molar-refractivity contribution in [3.05, 3.63) is 109 Å². The third kappa shape index (κ3) is 4.55. The number of aromatic nitrogens is 3. The van der Waals surface area contributed by atoms with Crippen molar-refractivity contribution in [3.63, 3.8) is 0 Å². The minimum Gasteiger partial charge on any atom is -0.335 e. The molecular weight excluding hydrogens is 493 g/mol. The average molecular weight is 515 g/mol. The van der Waals surface area contributed by atoms with E-state index < -0.39 is 10.0 Å². The van der Waals surface area contributed by atoms with Gasteiger partial charge in [0.25, 0.3) is 10.0 Å². The predicted molar refractivity (Wildman–Crippen MR) is 155 cm³/mol. The van der Waals surface area contributed by atoms with Gasteiger partial charge in [-0.2, -0.15) is 0 Å². The van der Waals surface area contributed by atoms with Crippen LogP contribution in [0.3, 0.4) is 0 Å². The van der Waals surface area contributed by atoms with E-state index in [-0.39, 0.29) is 16.5 Å². The molecule has 0 aliphatic carbocycles. The Morgan fingerprint density at radius 3 is 2.11 bits per heavy atom. The van der Waals surface area contributed by atoms with Crippen molar-refractivity contribution in [2.75, 3.05) is 10.0 Å². The molecule has 4 aromatic carbocycles. The van der Waals surface area contributed by atoms with Crippen molar-refractivity contribution >= 4 is 62.6 Å². The van der Waals surface area contributed by atoms with Crippen LogP contribution in [-0.2, 0) is 10.0 Å². The summed E-state index contributed by atoms with van der Waals surface area (Å²) < 4.78 is 29.1. The Morgan fingerprint density at radius 1 is 0.684 bits per heavy atom. The van der Waals surface area contributed by atoms with Gasteiger partial charge in [0.2, 0.25) is 0 Å². The van der Waals surface area contributed by atoms with Crippen molar-refractivity contribution in [3.8, 4) is 11.1 Å². The molecule has 0 saturated carbocycles. The van der Waals surface area contributed by atoms with Crippen LogP contribution in [0.15, 0.2) is 114 Å². The fourth-order valence-corrected chi connectivity index (χ4v) is 5.35. The van der Waals surface area contributed by atoms with Crippen LogP contribution >= 0.6 is 0 Å². The number of nitrogens with one attached hydrogen (secondary N) is 2. The number of hydrogen-bond acceptors (Lipinski definition) is 6. The summed E-state index contributed by atoms with van der Waals surface area (Å²) >= 11 is 0. The molecule has 0 atom stereocenters. The quantitative estimate of drug-likeness (QED) is 0.314. The van der Waals surface area contributed by atoms with Gasteiger partial charge < -0.3 is 5.32 Å². The molecule has 6 rings (SSSR count). The van der Waals surface area contributed by atoms with Crippen LogP contribution in [-0.4, -0.2) is 31.2 Å². The summed E-state index contributed by atoms with van der Waals surface area (Å²) in [5.41, 5.74) is 5.71. The molecule has 9 heteroatoms. The Bertz CT molecular complexity index is 1900. The molecule has 2 heterocycles. The molecular formula is C29H22BN5O2S. The molecule has 2 aromatic heterocycles. The fourth-order valence-electron chi connectivity index (χ4n) is 4.34. The van der Waals surface area contributed by atoms with Crippen LogP contribution in [0.2, 0.25) is 0 Å². The highest BCUT2D eigenvalue weighted by molar-refractivity contribution is 7.92. The molecule has 0 aliphatic heterocycles. The van der Waals surface area contributed by atoms with E-state index in [1.165, 1.54) is 0 Å². The zero-order chi connectivity index (χ0) is 26.1. The molecule has 0 spiro atoms. The van der Waals surface area contributed by atoms with E-state index in [0.717, 1.165) is 27.5 Å². The number of pyridine rings is 1. The SMILES string of the molecule is Bc1ccc(S(=O)(=O)Nc2nc3ccccc3nc2Nc2cccc3c(-c4ccccc4)ccnc23)cc1. The molecule has 0 unspecified atom stereocenters. The topological polar surface area (TPSA) is 96.9 Å². The zero-order valence-electron chi connectivity index (χ0n) is 20.5. The summed E-state index contributed by atoms with van der Waals surface area (Å²) in [6, 6.07) is 31.9. The largest absolute Gasteiger partial charge is 0.335 e. The minimum atomic E-state index is -3.91. The van der Waals surface area contributed by atoms with Gasteiger partial charge in [0.05, 0.1) is 27.1 Å². The lowest BCUT2D eigenvalue weighted by Gasteiger charge is -2.15. The first-order valence-corrected chi connectivity index (χ1v) is 13.5. The number of anilines is 3. The Labute approximate surface area is 221 Å². The summed E-state index contributed by atoms with van der Waals surface area (Å²) in [6.45, 7) is 0. The van der Waals surface area contributed by atoms with Crippen LogP contribution < -0.4 is 15.5 Å². The minimum absolute atomic E-state index is 0.0977. The van der Waals surface area contributed by atoms with E-state index in [1.54, 1.807) is 36.5 Å². The Morgan fingerprint density at radius 2 is 1.37 bits per heavy atom. The van der Waals surface area contributed by atoms with Gasteiger partial charge in [0.1, 0.15) is 7.85 Å². The third-order valence-corrected chi connectivity index (χ3v) is 7.60. The molecule has 6 aromatic rings. The van der Waals surface area contributed by atoms with Gasteiger partial charge in [0.15, 0.2) is 11.6 Å². The first kappa shape index (κ1) is 23.6. The van der Waals surface area contributed by atoms with Crippen LogP contribution in [0.1, 0.15) is 0 Å². The predicted octanol–water partition coefficient (Wildman–Crippen LogP) is 4.65.